The van der Waals surface area contributed by atoms with Gasteiger partial charge in [0.2, 0.25) is 5.91 Å². The normalized spacial score (nSPS) is 13.3. The minimum Gasteiger partial charge on any atom is -0.489 e. The van der Waals surface area contributed by atoms with Crippen LogP contribution in [0.1, 0.15) is 11.1 Å². The average Bonchev–Trinajstić information content (AvgIpc) is 3.22. The first-order valence-electron chi connectivity index (χ1n) is 10.2. The van der Waals surface area contributed by atoms with Gasteiger partial charge in [-0.15, -0.1) is 0 Å². The molecule has 0 aromatic heterocycles. The second kappa shape index (κ2) is 10.2. The number of nitrogens with zero attached hydrogens (tertiary/aromatic N) is 2. The summed E-state index contributed by atoms with van der Waals surface area (Å²) in [5, 5.41) is -0.0266. The highest BCUT2D eigenvalue weighted by Gasteiger charge is 2.26. The number of rotatable bonds is 8. The van der Waals surface area contributed by atoms with E-state index in [0.29, 0.717) is 19.7 Å². The summed E-state index contributed by atoms with van der Waals surface area (Å²) >= 11 is 1.27. The van der Waals surface area contributed by atoms with Crippen molar-refractivity contribution in [3.63, 3.8) is 0 Å². The van der Waals surface area contributed by atoms with E-state index >= 15 is 0 Å². The van der Waals surface area contributed by atoms with Crippen LogP contribution >= 0.6 is 11.8 Å². The smallest absolute Gasteiger partial charge is 0.282 e. The molecule has 158 valence electrons. The Balaban J connectivity index is 1.43. The summed E-state index contributed by atoms with van der Waals surface area (Å²) in [6, 6.07) is 27.4. The predicted octanol–water partition coefficient (Wildman–Crippen LogP) is 4.97. The van der Waals surface area contributed by atoms with Crippen LogP contribution in [-0.2, 0) is 17.9 Å². The zero-order chi connectivity index (χ0) is 21.5. The molecule has 0 atom stereocenters. The van der Waals surface area contributed by atoms with Gasteiger partial charge in [-0.2, -0.15) is 0 Å². The molecule has 0 N–H and O–H groups in total. The van der Waals surface area contributed by atoms with Crippen molar-refractivity contribution in [2.45, 2.75) is 13.2 Å². The fourth-order valence-electron chi connectivity index (χ4n) is 3.36. The fraction of sp³-hybridized carbons (Fsp3) is 0.200. The number of amides is 2. The third-order valence-electron chi connectivity index (χ3n) is 5.05. The van der Waals surface area contributed by atoms with Crippen LogP contribution in [0.3, 0.4) is 0 Å². The van der Waals surface area contributed by atoms with E-state index in [9.17, 15) is 9.59 Å². The van der Waals surface area contributed by atoms with Crippen LogP contribution in [0.4, 0.5) is 10.5 Å². The van der Waals surface area contributed by atoms with Crippen LogP contribution < -0.4 is 9.64 Å². The molecule has 6 heteroatoms. The molecule has 0 aliphatic carbocycles. The number of hydrogen-bond acceptors (Lipinski definition) is 4. The van der Waals surface area contributed by atoms with Gasteiger partial charge in [-0.05, 0) is 35.4 Å². The maximum atomic E-state index is 13.1. The number of ether oxygens (including phenoxy) is 1. The van der Waals surface area contributed by atoms with Gasteiger partial charge >= 0.3 is 0 Å². The second-order valence-corrected chi connectivity index (χ2v) is 8.32. The Morgan fingerprint density at radius 2 is 1.58 bits per heavy atom. The minimum absolute atomic E-state index is 0.0266. The predicted molar refractivity (Wildman–Crippen MR) is 124 cm³/mol. The maximum Gasteiger partial charge on any atom is 0.282 e. The lowest BCUT2D eigenvalue weighted by molar-refractivity contribution is -0.119. The molecule has 0 spiro atoms. The highest BCUT2D eigenvalue weighted by Crippen LogP contribution is 2.22. The SMILES string of the molecule is O=C1SCCN1CC(=O)N(Cc1ccc(OCc2ccccc2)cc1)c1ccccc1. The summed E-state index contributed by atoms with van der Waals surface area (Å²) in [4.78, 5) is 28.4. The molecule has 31 heavy (non-hydrogen) atoms. The van der Waals surface area contributed by atoms with Gasteiger partial charge in [0.05, 0.1) is 6.54 Å². The van der Waals surface area contributed by atoms with Crippen molar-refractivity contribution < 1.29 is 14.3 Å². The molecule has 1 fully saturated rings. The lowest BCUT2D eigenvalue weighted by Crippen LogP contribution is -2.40. The number of carbonyl (C=O) groups excluding carboxylic acids is 2. The van der Waals surface area contributed by atoms with Gasteiger partial charge in [0.1, 0.15) is 18.9 Å². The van der Waals surface area contributed by atoms with Crippen LogP contribution in [0.15, 0.2) is 84.9 Å². The molecule has 1 aliphatic rings. The summed E-state index contributed by atoms with van der Waals surface area (Å²) in [5.41, 5.74) is 2.92. The van der Waals surface area contributed by atoms with E-state index in [2.05, 4.69) is 0 Å². The van der Waals surface area contributed by atoms with Crippen molar-refractivity contribution in [2.24, 2.45) is 0 Å². The van der Waals surface area contributed by atoms with E-state index in [0.717, 1.165) is 28.3 Å². The standard InChI is InChI=1S/C25H24N2O3S/c28-24(18-26-15-16-31-25(26)29)27(22-9-5-2-6-10-22)17-20-11-13-23(14-12-20)30-19-21-7-3-1-4-8-21/h1-14H,15-19H2. The summed E-state index contributed by atoms with van der Waals surface area (Å²) in [6.07, 6.45) is 0. The van der Waals surface area contributed by atoms with E-state index in [1.165, 1.54) is 11.8 Å². The van der Waals surface area contributed by atoms with Gasteiger partial charge < -0.3 is 14.5 Å². The molecule has 0 unspecified atom stereocenters. The van der Waals surface area contributed by atoms with E-state index in [4.69, 9.17) is 4.74 Å². The van der Waals surface area contributed by atoms with Crippen molar-refractivity contribution in [2.75, 3.05) is 23.7 Å². The van der Waals surface area contributed by atoms with Crippen molar-refractivity contribution in [1.29, 1.82) is 0 Å². The van der Waals surface area contributed by atoms with Crippen molar-refractivity contribution in [1.82, 2.24) is 4.90 Å². The largest absolute Gasteiger partial charge is 0.489 e. The van der Waals surface area contributed by atoms with E-state index in [1.807, 2.05) is 84.9 Å². The third-order valence-corrected chi connectivity index (χ3v) is 5.94. The van der Waals surface area contributed by atoms with Crippen LogP contribution in [-0.4, -0.2) is 34.9 Å². The molecule has 1 saturated heterocycles. The zero-order valence-corrected chi connectivity index (χ0v) is 18.0. The average molecular weight is 433 g/mol. The number of carbonyl (C=O) groups is 2. The van der Waals surface area contributed by atoms with E-state index in [-0.39, 0.29) is 17.7 Å². The summed E-state index contributed by atoms with van der Waals surface area (Å²) < 4.78 is 5.86. The Kier molecular flexibility index (Phi) is 6.89. The Labute approximate surface area is 186 Å². The molecule has 4 rings (SSSR count). The van der Waals surface area contributed by atoms with Gasteiger partial charge in [0, 0.05) is 18.0 Å². The Morgan fingerprint density at radius 3 is 2.23 bits per heavy atom. The first-order valence-corrected chi connectivity index (χ1v) is 11.2. The molecule has 1 heterocycles. The van der Waals surface area contributed by atoms with Crippen LogP contribution in [0.25, 0.3) is 0 Å². The van der Waals surface area contributed by atoms with Gasteiger partial charge in [-0.25, -0.2) is 0 Å². The fourth-order valence-corrected chi connectivity index (χ4v) is 4.19. The van der Waals surface area contributed by atoms with Gasteiger partial charge in [0.15, 0.2) is 0 Å². The lowest BCUT2D eigenvalue weighted by atomic mass is 10.1. The molecule has 5 nitrogen and oxygen atoms in total. The summed E-state index contributed by atoms with van der Waals surface area (Å²) in [5.74, 6) is 1.43. The van der Waals surface area contributed by atoms with Gasteiger partial charge in [0.25, 0.3) is 5.24 Å². The van der Waals surface area contributed by atoms with Gasteiger partial charge in [-0.1, -0.05) is 72.4 Å². The molecule has 3 aromatic rings. The Morgan fingerprint density at radius 1 is 0.903 bits per heavy atom. The molecule has 1 aliphatic heterocycles. The van der Waals surface area contributed by atoms with E-state index < -0.39 is 0 Å². The second-order valence-electron chi connectivity index (χ2n) is 7.27. The van der Waals surface area contributed by atoms with Crippen molar-refractivity contribution in [3.8, 4) is 5.75 Å². The molecule has 3 aromatic carbocycles. The zero-order valence-electron chi connectivity index (χ0n) is 17.1. The monoisotopic (exact) mass is 432 g/mol. The van der Waals surface area contributed by atoms with Crippen LogP contribution in [0.5, 0.6) is 5.75 Å². The molecular formula is C25H24N2O3S. The molecule has 2 amide bonds. The Hall–Kier alpha value is -3.25. The van der Waals surface area contributed by atoms with Gasteiger partial charge in [-0.3, -0.25) is 9.59 Å². The molecule has 0 radical (unpaired) electrons. The first kappa shape index (κ1) is 21.0. The molecule has 0 saturated carbocycles. The van der Waals surface area contributed by atoms with Crippen LogP contribution in [0.2, 0.25) is 0 Å². The van der Waals surface area contributed by atoms with Crippen molar-refractivity contribution >= 4 is 28.6 Å². The summed E-state index contributed by atoms with van der Waals surface area (Å²) in [7, 11) is 0. The highest BCUT2D eigenvalue weighted by molar-refractivity contribution is 8.13. The first-order chi connectivity index (χ1) is 15.2. The maximum absolute atomic E-state index is 13.1. The number of para-hydroxylation sites is 1. The molecular weight excluding hydrogens is 408 g/mol. The Bertz CT molecular complexity index is 1010. The number of thioether (sulfide) groups is 1. The molecule has 0 bridgehead atoms. The summed E-state index contributed by atoms with van der Waals surface area (Å²) in [6.45, 7) is 1.65. The minimum atomic E-state index is -0.0912. The lowest BCUT2D eigenvalue weighted by Gasteiger charge is -2.25. The number of hydrogen-bond donors (Lipinski definition) is 0. The topological polar surface area (TPSA) is 49.9 Å². The van der Waals surface area contributed by atoms with Crippen LogP contribution in [0, 0.1) is 0 Å². The number of benzene rings is 3. The van der Waals surface area contributed by atoms with Crippen molar-refractivity contribution in [3.05, 3.63) is 96.1 Å². The third kappa shape index (κ3) is 5.67. The highest BCUT2D eigenvalue weighted by atomic mass is 32.2. The number of anilines is 1. The van der Waals surface area contributed by atoms with E-state index in [1.54, 1.807) is 9.80 Å². The quantitative estimate of drug-likeness (QED) is 0.504.